The van der Waals surface area contributed by atoms with Gasteiger partial charge in [0.2, 0.25) is 0 Å². The molecule has 0 radical (unpaired) electrons. The van der Waals surface area contributed by atoms with Gasteiger partial charge in [-0.15, -0.1) is 0 Å². The number of hydrogen-bond donors (Lipinski definition) is 0. The lowest BCUT2D eigenvalue weighted by atomic mass is 9.94. The van der Waals surface area contributed by atoms with E-state index in [0.717, 1.165) is 17.4 Å². The number of alkyl halides is 6. The van der Waals surface area contributed by atoms with Crippen LogP contribution in [-0.2, 0) is 23.3 Å². The summed E-state index contributed by atoms with van der Waals surface area (Å²) in [5.74, 6) is 0. The second-order valence-corrected chi connectivity index (χ2v) is 18.5. The van der Waals surface area contributed by atoms with Gasteiger partial charge in [-0.3, -0.25) is 0 Å². The molecule has 0 heterocycles. The molecule has 214 valence electrons. The summed E-state index contributed by atoms with van der Waals surface area (Å²) in [6.07, 6.45) is -9.99. The summed E-state index contributed by atoms with van der Waals surface area (Å²) in [6, 6.07) is 7.70. The number of benzene rings is 2. The van der Waals surface area contributed by atoms with Crippen molar-refractivity contribution in [3.63, 3.8) is 0 Å². The van der Waals surface area contributed by atoms with E-state index in [0.29, 0.717) is 5.56 Å². The van der Waals surface area contributed by atoms with Crippen molar-refractivity contribution in [2.75, 3.05) is 7.05 Å². The van der Waals surface area contributed by atoms with E-state index in [4.69, 9.17) is 0 Å². The van der Waals surface area contributed by atoms with Gasteiger partial charge in [0.1, 0.15) is 11.0 Å². The molecule has 0 fully saturated rings. The molecule has 0 saturated carbocycles. The fraction of sp³-hybridized carbons (Fsp3) is 0.571. The van der Waals surface area contributed by atoms with E-state index < -0.39 is 53.2 Å². The lowest BCUT2D eigenvalue weighted by Gasteiger charge is -2.44. The summed E-state index contributed by atoms with van der Waals surface area (Å²) in [5.41, 5.74) is -2.45. The molecule has 2 nitrogen and oxygen atoms in total. The maximum absolute atomic E-state index is 13.8. The summed E-state index contributed by atoms with van der Waals surface area (Å²) in [5, 5.41) is 0.387. The summed E-state index contributed by atoms with van der Waals surface area (Å²) >= 11 is 0. The zero-order valence-electron chi connectivity index (χ0n) is 23.6. The zero-order valence-corrected chi connectivity index (χ0v) is 25.3. The molecule has 38 heavy (non-hydrogen) atoms. The molecule has 0 aliphatic heterocycles. The van der Waals surface area contributed by atoms with Crippen molar-refractivity contribution in [3.05, 3.63) is 64.7 Å². The van der Waals surface area contributed by atoms with Crippen LogP contribution in [0.15, 0.2) is 42.5 Å². The van der Waals surface area contributed by atoms with Crippen LogP contribution in [0.3, 0.4) is 0 Å². The van der Waals surface area contributed by atoms with Crippen LogP contribution in [0.2, 0.25) is 0 Å². The topological polar surface area (TPSA) is 20.3 Å². The van der Waals surface area contributed by atoms with Crippen LogP contribution in [0.25, 0.3) is 0 Å². The van der Waals surface area contributed by atoms with Gasteiger partial charge in [0.15, 0.2) is 0 Å². The molecule has 0 aromatic heterocycles. The van der Waals surface area contributed by atoms with Crippen molar-refractivity contribution in [2.45, 2.75) is 95.8 Å². The molecular weight excluding hydrogens is 543 g/mol. The molecule has 2 rings (SSSR count). The molecule has 0 saturated heterocycles. The van der Waals surface area contributed by atoms with Crippen molar-refractivity contribution < 1.29 is 30.6 Å². The second-order valence-electron chi connectivity index (χ2n) is 12.4. The molecule has 0 N–H and O–H groups in total. The van der Waals surface area contributed by atoms with E-state index in [1.807, 2.05) is 12.1 Å². The minimum absolute atomic E-state index is 0.129. The molecule has 2 atom stereocenters. The number of nitrogens with zero attached hydrogens (tertiary/aromatic N) is 1. The third kappa shape index (κ3) is 7.60. The van der Waals surface area contributed by atoms with E-state index >= 15 is 0 Å². The van der Waals surface area contributed by atoms with Crippen LogP contribution in [0.1, 0.15) is 90.6 Å². The van der Waals surface area contributed by atoms with Crippen LogP contribution in [0, 0.1) is 0 Å². The van der Waals surface area contributed by atoms with Gasteiger partial charge in [0.05, 0.1) is 21.9 Å². The van der Waals surface area contributed by atoms with Gasteiger partial charge in [-0.2, -0.15) is 26.3 Å². The van der Waals surface area contributed by atoms with Gasteiger partial charge in [0.25, 0.3) is 0 Å². The first-order valence-corrected chi connectivity index (χ1v) is 14.6. The first-order valence-electron chi connectivity index (χ1n) is 12.2. The van der Waals surface area contributed by atoms with E-state index in [2.05, 4.69) is 41.5 Å². The molecule has 10 heteroatoms. The van der Waals surface area contributed by atoms with Crippen LogP contribution in [-0.4, -0.2) is 30.6 Å². The first kappa shape index (κ1) is 32.8. The van der Waals surface area contributed by atoms with E-state index in [1.165, 1.54) is 11.4 Å². The van der Waals surface area contributed by atoms with Gasteiger partial charge in [-0.05, 0) is 65.7 Å². The SMILES string of the molecule is CN(C(c1cc(C(F)(F)F)cc(C(F)(F)F)c1)c1ccccc1P(C(C)(C)C)C(C)(C)C)S(=O)C(C)(C)C. The van der Waals surface area contributed by atoms with Crippen LogP contribution >= 0.6 is 7.92 Å². The quantitative estimate of drug-likeness (QED) is 0.255. The smallest absolute Gasteiger partial charge is 0.242 e. The van der Waals surface area contributed by atoms with Crippen molar-refractivity contribution in [2.24, 2.45) is 0 Å². The Balaban J connectivity index is 3.04. The molecule has 0 aliphatic carbocycles. The van der Waals surface area contributed by atoms with Gasteiger partial charge in [-0.25, -0.2) is 8.51 Å². The molecule has 0 spiro atoms. The van der Waals surface area contributed by atoms with Gasteiger partial charge in [-0.1, -0.05) is 73.7 Å². The molecule has 2 aromatic carbocycles. The Kier molecular flexibility index (Phi) is 9.36. The predicted octanol–water partition coefficient (Wildman–Crippen LogP) is 8.91. The summed E-state index contributed by atoms with van der Waals surface area (Å²) in [4.78, 5) is 0. The molecule has 2 unspecified atom stereocenters. The molecule has 0 bridgehead atoms. The number of rotatable bonds is 5. The fourth-order valence-corrected chi connectivity index (χ4v) is 10.3. The van der Waals surface area contributed by atoms with E-state index in [1.54, 1.807) is 32.9 Å². The highest BCUT2D eigenvalue weighted by Crippen LogP contribution is 2.59. The van der Waals surface area contributed by atoms with E-state index in [9.17, 15) is 30.6 Å². The van der Waals surface area contributed by atoms with Crippen molar-refractivity contribution >= 4 is 24.2 Å². The Hall–Kier alpha value is -1.44. The Bertz CT molecular complexity index is 1110. The standard InChI is InChI=1S/C28H38F6NOPS/c1-24(2,3)37(25(4,5)6)22-14-12-11-13-21(22)23(35(10)38(36)26(7,8)9)18-15-19(27(29,30)31)17-20(16-18)28(32,33)34/h11-17,23H,1-10H3. The van der Waals surface area contributed by atoms with Gasteiger partial charge in [0, 0.05) is 7.05 Å². The Morgan fingerprint density at radius 1 is 0.737 bits per heavy atom. The van der Waals surface area contributed by atoms with Crippen LogP contribution in [0.4, 0.5) is 26.3 Å². The highest BCUT2D eigenvalue weighted by atomic mass is 32.2. The van der Waals surface area contributed by atoms with Crippen molar-refractivity contribution in [1.82, 2.24) is 4.31 Å². The number of halogens is 6. The Morgan fingerprint density at radius 3 is 1.53 bits per heavy atom. The predicted molar refractivity (Wildman–Crippen MR) is 146 cm³/mol. The van der Waals surface area contributed by atoms with Crippen molar-refractivity contribution in [1.29, 1.82) is 0 Å². The highest BCUT2D eigenvalue weighted by Gasteiger charge is 2.42. The average Bonchev–Trinajstić information content (AvgIpc) is 2.70. The Morgan fingerprint density at radius 2 is 1.16 bits per heavy atom. The Labute approximate surface area is 226 Å². The van der Waals surface area contributed by atoms with Crippen LogP contribution in [0.5, 0.6) is 0 Å². The molecular formula is C28H38F6NOPS. The third-order valence-electron chi connectivity index (χ3n) is 5.89. The minimum atomic E-state index is -4.99. The zero-order chi connectivity index (χ0) is 29.6. The van der Waals surface area contributed by atoms with Gasteiger partial charge >= 0.3 is 12.4 Å². The molecule has 2 aromatic rings. The van der Waals surface area contributed by atoms with Crippen LogP contribution < -0.4 is 5.30 Å². The van der Waals surface area contributed by atoms with Crippen molar-refractivity contribution in [3.8, 4) is 0 Å². The third-order valence-corrected chi connectivity index (χ3v) is 11.2. The molecule has 0 amide bonds. The second kappa shape index (κ2) is 10.9. The maximum Gasteiger partial charge on any atom is 0.416 e. The minimum Gasteiger partial charge on any atom is -0.242 e. The highest BCUT2D eigenvalue weighted by molar-refractivity contribution is 7.84. The molecule has 0 aliphatic rings. The summed E-state index contributed by atoms with van der Waals surface area (Å²) in [6.45, 7) is 17.6. The largest absolute Gasteiger partial charge is 0.416 e. The number of hydrogen-bond acceptors (Lipinski definition) is 1. The average molecular weight is 582 g/mol. The van der Waals surface area contributed by atoms with Gasteiger partial charge < -0.3 is 0 Å². The lowest BCUT2D eigenvalue weighted by molar-refractivity contribution is -0.143. The summed E-state index contributed by atoms with van der Waals surface area (Å²) < 4.78 is 97.2. The normalized spacial score (nSPS) is 15.7. The maximum atomic E-state index is 13.8. The fourth-order valence-electron chi connectivity index (χ4n) is 4.90. The monoisotopic (exact) mass is 581 g/mol. The first-order chi connectivity index (χ1) is 16.9. The summed E-state index contributed by atoms with van der Waals surface area (Å²) in [7, 11) is -1.25. The van der Waals surface area contributed by atoms with E-state index in [-0.39, 0.29) is 21.9 Å². The lowest BCUT2D eigenvalue weighted by Crippen LogP contribution is -2.40.